The summed E-state index contributed by atoms with van der Waals surface area (Å²) in [7, 11) is -3.41. The van der Waals surface area contributed by atoms with E-state index < -0.39 is 26.7 Å². The zero-order valence-electron chi connectivity index (χ0n) is 13.3. The van der Waals surface area contributed by atoms with Gasteiger partial charge < -0.3 is 0 Å². The molecule has 0 atom stereocenters. The van der Waals surface area contributed by atoms with E-state index in [2.05, 4.69) is 0 Å². The second kappa shape index (κ2) is 6.51. The summed E-state index contributed by atoms with van der Waals surface area (Å²) in [5.41, 5.74) is 1.21. The number of thiophene rings is 1. The Balaban J connectivity index is 2.16. The Morgan fingerprint density at radius 2 is 1.42 bits per heavy atom. The molecule has 0 aliphatic carbocycles. The van der Waals surface area contributed by atoms with Gasteiger partial charge in [0.15, 0.2) is 9.84 Å². The Morgan fingerprint density at radius 3 is 1.92 bits per heavy atom. The molecule has 26 heavy (non-hydrogen) atoms. The van der Waals surface area contributed by atoms with Gasteiger partial charge >= 0.3 is 6.18 Å². The number of rotatable bonds is 3. The van der Waals surface area contributed by atoms with Crippen molar-refractivity contribution in [1.82, 2.24) is 0 Å². The monoisotopic (exact) mass is 400 g/mol. The van der Waals surface area contributed by atoms with E-state index in [9.17, 15) is 26.0 Å². The van der Waals surface area contributed by atoms with Crippen LogP contribution in [0, 0.1) is 5.82 Å². The van der Waals surface area contributed by atoms with Crippen LogP contribution in [-0.2, 0) is 16.0 Å². The summed E-state index contributed by atoms with van der Waals surface area (Å²) in [5, 5.41) is 0. The molecule has 3 aromatic rings. The second-order valence-corrected chi connectivity index (χ2v) is 8.72. The Kier molecular flexibility index (Phi) is 4.66. The van der Waals surface area contributed by atoms with Gasteiger partial charge in [-0.1, -0.05) is 24.3 Å². The van der Waals surface area contributed by atoms with Gasteiger partial charge in [-0.25, -0.2) is 12.8 Å². The molecule has 8 heteroatoms. The van der Waals surface area contributed by atoms with Crippen LogP contribution < -0.4 is 0 Å². The van der Waals surface area contributed by atoms with Crippen molar-refractivity contribution in [2.45, 2.75) is 11.1 Å². The molecule has 3 rings (SSSR count). The maximum absolute atomic E-state index is 13.2. The van der Waals surface area contributed by atoms with Gasteiger partial charge in [0.25, 0.3) is 0 Å². The molecule has 0 saturated heterocycles. The summed E-state index contributed by atoms with van der Waals surface area (Å²) in [6, 6.07) is 11.8. The Morgan fingerprint density at radius 1 is 0.885 bits per heavy atom. The van der Waals surface area contributed by atoms with Crippen molar-refractivity contribution in [2.24, 2.45) is 0 Å². The molecule has 0 bridgehead atoms. The molecule has 0 aliphatic heterocycles. The van der Waals surface area contributed by atoms with Crippen LogP contribution in [0.25, 0.3) is 21.6 Å². The van der Waals surface area contributed by atoms with Crippen LogP contribution >= 0.6 is 11.3 Å². The number of hydrogen-bond acceptors (Lipinski definition) is 3. The van der Waals surface area contributed by atoms with Crippen molar-refractivity contribution in [3.63, 3.8) is 0 Å². The van der Waals surface area contributed by atoms with E-state index in [1.807, 2.05) is 0 Å². The predicted octanol–water partition coefficient (Wildman–Crippen LogP) is 5.64. The number of benzene rings is 2. The summed E-state index contributed by atoms with van der Waals surface area (Å²) in [4.78, 5) is -0.362. The molecular formula is C18H12F4O2S2. The molecule has 0 radical (unpaired) electrons. The number of hydrogen-bond donors (Lipinski definition) is 0. The minimum Gasteiger partial charge on any atom is -0.224 e. The first-order valence-corrected chi connectivity index (χ1v) is 10.0. The molecule has 0 fully saturated rings. The Hall–Kier alpha value is -2.19. The quantitative estimate of drug-likeness (QED) is 0.533. The van der Waals surface area contributed by atoms with E-state index in [0.29, 0.717) is 32.9 Å². The highest BCUT2D eigenvalue weighted by molar-refractivity contribution is 7.90. The SMILES string of the molecule is CS(=O)(=O)c1ccc(-c2cc(C(F)(F)F)sc2-c2ccc(F)cc2)cc1. The van der Waals surface area contributed by atoms with E-state index >= 15 is 0 Å². The standard InChI is InChI=1S/C18H12F4O2S2/c1-26(23,24)14-8-4-11(5-9-14)15-10-16(18(20,21)22)25-17(15)12-2-6-13(19)7-3-12/h2-10H,1H3. The van der Waals surface area contributed by atoms with Gasteiger partial charge in [-0.2, -0.15) is 13.2 Å². The average molecular weight is 400 g/mol. The summed E-state index contributed by atoms with van der Waals surface area (Å²) in [5.74, 6) is -0.486. The van der Waals surface area contributed by atoms with Gasteiger partial charge in [-0.3, -0.25) is 0 Å². The topological polar surface area (TPSA) is 34.1 Å². The maximum atomic E-state index is 13.2. The molecule has 0 saturated carbocycles. The minimum atomic E-state index is -4.51. The fourth-order valence-corrected chi connectivity index (χ4v) is 4.13. The molecule has 2 nitrogen and oxygen atoms in total. The first-order chi connectivity index (χ1) is 12.1. The molecule has 0 unspecified atom stereocenters. The molecule has 1 aromatic heterocycles. The van der Waals surface area contributed by atoms with Crippen LogP contribution in [0.15, 0.2) is 59.5 Å². The summed E-state index contributed by atoms with van der Waals surface area (Å²) < 4.78 is 75.8. The van der Waals surface area contributed by atoms with Gasteiger partial charge in [-0.05, 0) is 41.5 Å². The van der Waals surface area contributed by atoms with Gasteiger partial charge in [-0.15, -0.1) is 11.3 Å². The lowest BCUT2D eigenvalue weighted by atomic mass is 10.0. The molecule has 0 amide bonds. The van der Waals surface area contributed by atoms with Gasteiger partial charge in [0.2, 0.25) is 0 Å². The normalized spacial score (nSPS) is 12.3. The smallest absolute Gasteiger partial charge is 0.224 e. The van der Waals surface area contributed by atoms with Gasteiger partial charge in [0, 0.05) is 16.7 Å². The molecule has 0 spiro atoms. The molecular weight excluding hydrogens is 388 g/mol. The van der Waals surface area contributed by atoms with E-state index in [0.717, 1.165) is 12.3 Å². The third kappa shape index (κ3) is 3.81. The summed E-state index contributed by atoms with van der Waals surface area (Å²) >= 11 is 0.564. The van der Waals surface area contributed by atoms with Crippen molar-refractivity contribution in [3.05, 3.63) is 65.3 Å². The third-order valence-electron chi connectivity index (χ3n) is 3.71. The van der Waals surface area contributed by atoms with Crippen molar-refractivity contribution in [1.29, 1.82) is 0 Å². The van der Waals surface area contributed by atoms with Gasteiger partial charge in [0.1, 0.15) is 10.7 Å². The van der Waals surface area contributed by atoms with Crippen LogP contribution in [0.1, 0.15) is 4.88 Å². The Bertz CT molecular complexity index is 1030. The van der Waals surface area contributed by atoms with Crippen molar-refractivity contribution >= 4 is 21.2 Å². The zero-order valence-corrected chi connectivity index (χ0v) is 15.0. The second-order valence-electron chi connectivity index (χ2n) is 5.65. The number of sulfone groups is 1. The lowest BCUT2D eigenvalue weighted by Crippen LogP contribution is -2.00. The molecule has 136 valence electrons. The molecule has 0 aliphatic rings. The molecule has 0 N–H and O–H groups in total. The van der Waals surface area contributed by atoms with Crippen LogP contribution in [0.5, 0.6) is 0 Å². The highest BCUT2D eigenvalue weighted by Crippen LogP contribution is 2.45. The predicted molar refractivity (Wildman–Crippen MR) is 93.3 cm³/mol. The van der Waals surface area contributed by atoms with Crippen molar-refractivity contribution < 1.29 is 26.0 Å². The number of alkyl halides is 3. The van der Waals surface area contributed by atoms with Crippen LogP contribution in [0.4, 0.5) is 17.6 Å². The lowest BCUT2D eigenvalue weighted by molar-refractivity contribution is -0.134. The Labute approximate surface area is 151 Å². The summed E-state index contributed by atoms with van der Waals surface area (Å²) in [6.45, 7) is 0. The maximum Gasteiger partial charge on any atom is 0.425 e. The third-order valence-corrected chi connectivity index (χ3v) is 6.07. The van der Waals surface area contributed by atoms with E-state index in [-0.39, 0.29) is 4.90 Å². The first kappa shape index (κ1) is 18.6. The molecule has 2 aromatic carbocycles. The van der Waals surface area contributed by atoms with Gasteiger partial charge in [0.05, 0.1) is 4.90 Å². The average Bonchev–Trinajstić information content (AvgIpc) is 3.00. The summed E-state index contributed by atoms with van der Waals surface area (Å²) in [6.07, 6.45) is -3.46. The zero-order chi connectivity index (χ0) is 19.1. The van der Waals surface area contributed by atoms with Crippen molar-refractivity contribution in [3.8, 4) is 21.6 Å². The van der Waals surface area contributed by atoms with Crippen LogP contribution in [0.3, 0.4) is 0 Å². The van der Waals surface area contributed by atoms with E-state index in [4.69, 9.17) is 0 Å². The minimum absolute atomic E-state index is 0.0795. The van der Waals surface area contributed by atoms with E-state index in [1.54, 1.807) is 0 Å². The molecule has 1 heterocycles. The fraction of sp³-hybridized carbons (Fsp3) is 0.111. The highest BCUT2D eigenvalue weighted by atomic mass is 32.2. The largest absolute Gasteiger partial charge is 0.425 e. The highest BCUT2D eigenvalue weighted by Gasteiger charge is 2.34. The van der Waals surface area contributed by atoms with Crippen LogP contribution in [-0.4, -0.2) is 14.7 Å². The first-order valence-electron chi connectivity index (χ1n) is 7.33. The van der Waals surface area contributed by atoms with E-state index in [1.165, 1.54) is 48.5 Å². The fourth-order valence-electron chi connectivity index (χ4n) is 2.44. The van der Waals surface area contributed by atoms with Crippen LogP contribution in [0.2, 0.25) is 0 Å². The number of halogens is 4. The lowest BCUT2D eigenvalue weighted by Gasteiger charge is -2.06. The van der Waals surface area contributed by atoms with Crippen molar-refractivity contribution in [2.75, 3.05) is 6.26 Å².